The Kier molecular flexibility index (Phi) is 4.89. The fourth-order valence-electron chi connectivity index (χ4n) is 1.86. The molecule has 0 spiro atoms. The second-order valence-corrected chi connectivity index (χ2v) is 11.8. The van der Waals surface area contributed by atoms with Crippen molar-refractivity contribution in [2.75, 3.05) is 0 Å². The number of allylic oxidation sites excluding steroid dienone is 2. The van der Waals surface area contributed by atoms with E-state index >= 15 is 0 Å². The van der Waals surface area contributed by atoms with Crippen molar-refractivity contribution in [3.05, 3.63) is 11.1 Å². The first-order valence-corrected chi connectivity index (χ1v) is 10.00. The molecule has 0 bridgehead atoms. The lowest BCUT2D eigenvalue weighted by atomic mass is 9.91. The van der Waals surface area contributed by atoms with E-state index in [9.17, 15) is 0 Å². The van der Waals surface area contributed by atoms with Gasteiger partial charge in [0.05, 0.1) is 5.57 Å². The van der Waals surface area contributed by atoms with Gasteiger partial charge in [0.1, 0.15) is 8.07 Å². The summed E-state index contributed by atoms with van der Waals surface area (Å²) in [7, 11) is -1.54. The average Bonchev–Trinajstić information content (AvgIpc) is 2.29. The summed E-state index contributed by atoms with van der Waals surface area (Å²) in [5.41, 5.74) is 5.95. The molecule has 0 radical (unpaired) electrons. The minimum atomic E-state index is -1.54. The van der Waals surface area contributed by atoms with Gasteiger partial charge in [0, 0.05) is 0 Å². The maximum Gasteiger partial charge on any atom is 0.138 e. The highest BCUT2D eigenvalue weighted by Crippen LogP contribution is 2.35. The minimum Gasteiger partial charge on any atom is -0.125 e. The standard InChI is InChI=1S/C17H26Si/c1-7-15(16-11-9-8-10-12-16)13-14-18(5,6)17(2,3)4/h1H,8-12H2,2-6H3. The summed E-state index contributed by atoms with van der Waals surface area (Å²) in [6, 6.07) is 0. The summed E-state index contributed by atoms with van der Waals surface area (Å²) in [6.45, 7) is 11.5. The van der Waals surface area contributed by atoms with E-state index in [1.54, 1.807) is 0 Å². The van der Waals surface area contributed by atoms with Gasteiger partial charge in [0.15, 0.2) is 0 Å². The molecule has 0 heterocycles. The average molecular weight is 258 g/mol. The summed E-state index contributed by atoms with van der Waals surface area (Å²) in [5, 5.41) is 0.303. The van der Waals surface area contributed by atoms with Crippen LogP contribution in [0.4, 0.5) is 0 Å². The molecule has 1 aliphatic rings. The van der Waals surface area contributed by atoms with Crippen molar-refractivity contribution in [1.82, 2.24) is 0 Å². The molecule has 0 aromatic rings. The van der Waals surface area contributed by atoms with Crippen molar-refractivity contribution in [1.29, 1.82) is 0 Å². The summed E-state index contributed by atoms with van der Waals surface area (Å²) in [6.07, 6.45) is 11.9. The third-order valence-corrected chi connectivity index (χ3v) is 8.83. The first kappa shape index (κ1) is 15.1. The van der Waals surface area contributed by atoms with Gasteiger partial charge in [-0.2, -0.15) is 0 Å². The fraction of sp³-hybridized carbons (Fsp3) is 0.647. The molecule has 18 heavy (non-hydrogen) atoms. The van der Waals surface area contributed by atoms with Crippen LogP contribution in [-0.2, 0) is 0 Å². The lowest BCUT2D eigenvalue weighted by Crippen LogP contribution is -2.35. The van der Waals surface area contributed by atoms with Crippen molar-refractivity contribution in [2.24, 2.45) is 0 Å². The second-order valence-electron chi connectivity index (χ2n) is 6.81. The molecule has 0 nitrogen and oxygen atoms in total. The number of terminal acetylenes is 1. The molecule has 98 valence electrons. The van der Waals surface area contributed by atoms with E-state index in [4.69, 9.17) is 6.42 Å². The van der Waals surface area contributed by atoms with Crippen LogP contribution in [0.3, 0.4) is 0 Å². The molecular weight excluding hydrogens is 232 g/mol. The van der Waals surface area contributed by atoms with Crippen LogP contribution in [0.25, 0.3) is 0 Å². The van der Waals surface area contributed by atoms with Crippen LogP contribution >= 0.6 is 0 Å². The predicted octanol–water partition coefficient (Wildman–Crippen LogP) is 4.93. The van der Waals surface area contributed by atoms with Gasteiger partial charge in [-0.1, -0.05) is 52.1 Å². The van der Waals surface area contributed by atoms with E-state index in [1.165, 1.54) is 24.8 Å². The highest BCUT2D eigenvalue weighted by atomic mass is 28.3. The Morgan fingerprint density at radius 1 is 1.11 bits per heavy atom. The zero-order valence-electron chi connectivity index (χ0n) is 12.6. The summed E-state index contributed by atoms with van der Waals surface area (Å²) >= 11 is 0. The Bertz CT molecular complexity index is 419. The third kappa shape index (κ3) is 3.79. The quantitative estimate of drug-likeness (QED) is 0.427. The Balaban J connectivity index is 2.99. The van der Waals surface area contributed by atoms with Crippen LogP contribution in [0.1, 0.15) is 52.9 Å². The predicted molar refractivity (Wildman–Crippen MR) is 83.9 cm³/mol. The number of hydrogen-bond acceptors (Lipinski definition) is 0. The highest BCUT2D eigenvalue weighted by Gasteiger charge is 2.33. The van der Waals surface area contributed by atoms with E-state index < -0.39 is 8.07 Å². The molecule has 1 fully saturated rings. The van der Waals surface area contributed by atoms with Gasteiger partial charge in [-0.3, -0.25) is 0 Å². The van der Waals surface area contributed by atoms with Gasteiger partial charge in [-0.25, -0.2) is 0 Å². The summed E-state index contributed by atoms with van der Waals surface area (Å²) in [5.74, 6) is 6.17. The zero-order valence-corrected chi connectivity index (χ0v) is 13.6. The lowest BCUT2D eigenvalue weighted by Gasteiger charge is -2.31. The second kappa shape index (κ2) is 5.81. The van der Waals surface area contributed by atoms with E-state index in [0.29, 0.717) is 5.04 Å². The van der Waals surface area contributed by atoms with Gasteiger partial charge in [-0.05, 0) is 36.3 Å². The van der Waals surface area contributed by atoms with E-state index in [0.717, 1.165) is 18.4 Å². The molecule has 0 saturated heterocycles. The molecule has 1 heteroatoms. The lowest BCUT2D eigenvalue weighted by molar-refractivity contribution is 0.597. The summed E-state index contributed by atoms with van der Waals surface area (Å²) in [4.78, 5) is 0. The molecule has 0 aromatic heterocycles. The molecule has 0 atom stereocenters. The van der Waals surface area contributed by atoms with Crippen LogP contribution in [0.15, 0.2) is 11.1 Å². The molecule has 1 aliphatic carbocycles. The van der Waals surface area contributed by atoms with Gasteiger partial charge in [0.25, 0.3) is 0 Å². The van der Waals surface area contributed by atoms with Crippen molar-refractivity contribution in [3.8, 4) is 23.8 Å². The van der Waals surface area contributed by atoms with Gasteiger partial charge >= 0.3 is 0 Å². The van der Waals surface area contributed by atoms with Gasteiger partial charge < -0.3 is 0 Å². The first-order chi connectivity index (χ1) is 8.28. The maximum absolute atomic E-state index is 5.65. The monoisotopic (exact) mass is 258 g/mol. The summed E-state index contributed by atoms with van der Waals surface area (Å²) < 4.78 is 0. The molecule has 1 saturated carbocycles. The topological polar surface area (TPSA) is 0 Å². The number of rotatable bonds is 0. The minimum absolute atomic E-state index is 0.303. The molecule has 0 aromatic carbocycles. The molecule has 0 amide bonds. The largest absolute Gasteiger partial charge is 0.138 e. The molecule has 0 unspecified atom stereocenters. The Hall–Kier alpha value is -0.923. The van der Waals surface area contributed by atoms with Crippen LogP contribution in [0.2, 0.25) is 18.1 Å². The van der Waals surface area contributed by atoms with Gasteiger partial charge in [0.2, 0.25) is 0 Å². The Morgan fingerprint density at radius 3 is 2.11 bits per heavy atom. The molecule has 1 rings (SSSR count). The van der Waals surface area contributed by atoms with Gasteiger partial charge in [-0.15, -0.1) is 12.0 Å². The van der Waals surface area contributed by atoms with E-state index in [-0.39, 0.29) is 0 Å². The Labute approximate surface area is 114 Å². The van der Waals surface area contributed by atoms with Crippen molar-refractivity contribution in [3.63, 3.8) is 0 Å². The highest BCUT2D eigenvalue weighted by molar-refractivity contribution is 6.87. The third-order valence-electron chi connectivity index (χ3n) is 4.33. The van der Waals surface area contributed by atoms with Crippen LogP contribution < -0.4 is 0 Å². The molecule has 0 N–H and O–H groups in total. The smallest absolute Gasteiger partial charge is 0.125 e. The van der Waals surface area contributed by atoms with Crippen LogP contribution in [-0.4, -0.2) is 8.07 Å². The SMILES string of the molecule is C#CC(C#C[Si](C)(C)C(C)(C)C)=C1CCCCC1. The Morgan fingerprint density at radius 2 is 1.67 bits per heavy atom. The van der Waals surface area contributed by atoms with Crippen molar-refractivity contribution in [2.45, 2.75) is 71.0 Å². The molecule has 0 aliphatic heterocycles. The first-order valence-electron chi connectivity index (χ1n) is 7.00. The number of hydrogen-bond donors (Lipinski definition) is 0. The van der Waals surface area contributed by atoms with Crippen LogP contribution in [0, 0.1) is 23.8 Å². The van der Waals surface area contributed by atoms with Crippen molar-refractivity contribution >= 4 is 8.07 Å². The normalized spacial score (nSPS) is 16.6. The van der Waals surface area contributed by atoms with Crippen LogP contribution in [0.5, 0.6) is 0 Å². The van der Waals surface area contributed by atoms with Crippen molar-refractivity contribution < 1.29 is 0 Å². The maximum atomic E-state index is 5.65. The van der Waals surface area contributed by atoms with E-state index in [1.807, 2.05) is 0 Å². The molecular formula is C17H26Si. The fourth-order valence-corrected chi connectivity index (χ4v) is 2.67. The van der Waals surface area contributed by atoms with E-state index in [2.05, 4.69) is 51.2 Å². The zero-order chi connectivity index (χ0) is 13.8.